The van der Waals surface area contributed by atoms with Gasteiger partial charge in [-0.3, -0.25) is 0 Å². The zero-order chi connectivity index (χ0) is 12.8. The van der Waals surface area contributed by atoms with E-state index < -0.39 is 0 Å². The maximum absolute atomic E-state index is 5.77. The second-order valence-corrected chi connectivity index (χ2v) is 4.00. The largest absolute Gasteiger partial charge is 0.472 e. The molecule has 1 unspecified atom stereocenters. The van der Waals surface area contributed by atoms with Gasteiger partial charge in [-0.05, 0) is 6.92 Å². The van der Waals surface area contributed by atoms with Gasteiger partial charge in [-0.15, -0.1) is 0 Å². The minimum atomic E-state index is 0.0875. The summed E-state index contributed by atoms with van der Waals surface area (Å²) in [7, 11) is 1.81. The number of hydrogen-bond donors (Lipinski definition) is 1. The Morgan fingerprint density at radius 1 is 1.50 bits per heavy atom. The number of anilines is 1. The molecule has 1 aliphatic rings. The molecule has 2 heterocycles. The van der Waals surface area contributed by atoms with E-state index in [1.54, 1.807) is 6.07 Å². The summed E-state index contributed by atoms with van der Waals surface area (Å²) in [4.78, 5) is 8.63. The molecule has 0 amide bonds. The molecule has 0 bridgehead atoms. The average Bonchev–Trinajstić information content (AvgIpc) is 2.89. The highest BCUT2D eigenvalue weighted by atomic mass is 16.5. The molecule has 1 aliphatic heterocycles. The summed E-state index contributed by atoms with van der Waals surface area (Å²) in [6.45, 7) is 4.35. The van der Waals surface area contributed by atoms with E-state index in [9.17, 15) is 0 Å². The Balaban J connectivity index is 2.06. The van der Waals surface area contributed by atoms with Gasteiger partial charge in [0.1, 0.15) is 18.5 Å². The molecule has 0 spiro atoms. The first-order valence-corrected chi connectivity index (χ1v) is 6.19. The molecule has 1 aromatic rings. The fourth-order valence-corrected chi connectivity index (χ4v) is 1.70. The molecule has 0 radical (unpaired) electrons. The van der Waals surface area contributed by atoms with Gasteiger partial charge in [0, 0.05) is 26.1 Å². The maximum Gasteiger partial charge on any atom is 0.219 e. The van der Waals surface area contributed by atoms with Crippen LogP contribution in [0.15, 0.2) is 6.07 Å². The van der Waals surface area contributed by atoms with E-state index in [2.05, 4.69) is 15.3 Å². The van der Waals surface area contributed by atoms with Crippen molar-refractivity contribution >= 4 is 5.82 Å². The number of aromatic nitrogens is 2. The minimum Gasteiger partial charge on any atom is -0.472 e. The average molecular weight is 253 g/mol. The Kier molecular flexibility index (Phi) is 4.72. The Bertz CT molecular complexity index is 381. The Morgan fingerprint density at radius 2 is 2.39 bits per heavy atom. The second kappa shape index (κ2) is 6.51. The SMILES string of the molecule is CCOCc1nc(NC)cc(OC2CCOC2)n1. The fourth-order valence-electron chi connectivity index (χ4n) is 1.70. The van der Waals surface area contributed by atoms with Gasteiger partial charge in [0.2, 0.25) is 5.88 Å². The highest BCUT2D eigenvalue weighted by Crippen LogP contribution is 2.18. The van der Waals surface area contributed by atoms with E-state index in [4.69, 9.17) is 14.2 Å². The van der Waals surface area contributed by atoms with Crippen molar-refractivity contribution in [2.45, 2.75) is 26.1 Å². The van der Waals surface area contributed by atoms with Crippen LogP contribution in [0.5, 0.6) is 5.88 Å². The van der Waals surface area contributed by atoms with Crippen LogP contribution < -0.4 is 10.1 Å². The first-order valence-electron chi connectivity index (χ1n) is 6.19. The molecule has 1 fully saturated rings. The van der Waals surface area contributed by atoms with Crippen LogP contribution in [0.4, 0.5) is 5.82 Å². The van der Waals surface area contributed by atoms with Crippen molar-refractivity contribution < 1.29 is 14.2 Å². The molecular formula is C12H19N3O3. The zero-order valence-corrected chi connectivity index (χ0v) is 10.8. The van der Waals surface area contributed by atoms with Crippen LogP contribution in [0.2, 0.25) is 0 Å². The lowest BCUT2D eigenvalue weighted by atomic mass is 10.3. The lowest BCUT2D eigenvalue weighted by molar-refractivity contribution is 0.123. The maximum atomic E-state index is 5.77. The number of rotatable bonds is 6. The van der Waals surface area contributed by atoms with E-state index in [0.29, 0.717) is 31.5 Å². The van der Waals surface area contributed by atoms with E-state index in [-0.39, 0.29) is 6.10 Å². The van der Waals surface area contributed by atoms with Crippen molar-refractivity contribution in [2.24, 2.45) is 0 Å². The molecule has 2 rings (SSSR count). The summed E-state index contributed by atoms with van der Waals surface area (Å²) in [6, 6.07) is 1.79. The fraction of sp³-hybridized carbons (Fsp3) is 0.667. The Morgan fingerprint density at radius 3 is 3.06 bits per heavy atom. The summed E-state index contributed by atoms with van der Waals surface area (Å²) in [6.07, 6.45) is 0.990. The van der Waals surface area contributed by atoms with Crippen LogP contribution in [-0.4, -0.2) is 42.9 Å². The van der Waals surface area contributed by atoms with E-state index in [1.165, 1.54) is 0 Å². The van der Waals surface area contributed by atoms with Crippen LogP contribution >= 0.6 is 0 Å². The molecule has 1 aromatic heterocycles. The predicted molar refractivity (Wildman–Crippen MR) is 66.8 cm³/mol. The van der Waals surface area contributed by atoms with Gasteiger partial charge in [0.05, 0.1) is 13.2 Å². The molecular weight excluding hydrogens is 234 g/mol. The van der Waals surface area contributed by atoms with Crippen LogP contribution in [0.3, 0.4) is 0 Å². The van der Waals surface area contributed by atoms with Gasteiger partial charge < -0.3 is 19.5 Å². The van der Waals surface area contributed by atoms with E-state index in [1.807, 2.05) is 14.0 Å². The van der Waals surface area contributed by atoms with Crippen molar-refractivity contribution in [1.29, 1.82) is 0 Å². The molecule has 100 valence electrons. The third kappa shape index (κ3) is 3.54. The quantitative estimate of drug-likeness (QED) is 0.822. The Labute approximate surface area is 107 Å². The molecule has 0 saturated carbocycles. The van der Waals surface area contributed by atoms with Crippen LogP contribution in [-0.2, 0) is 16.1 Å². The molecule has 1 saturated heterocycles. The van der Waals surface area contributed by atoms with Crippen molar-refractivity contribution in [1.82, 2.24) is 9.97 Å². The monoisotopic (exact) mass is 253 g/mol. The van der Waals surface area contributed by atoms with Gasteiger partial charge in [-0.1, -0.05) is 0 Å². The number of nitrogens with one attached hydrogen (secondary N) is 1. The van der Waals surface area contributed by atoms with Crippen molar-refractivity contribution in [3.05, 3.63) is 11.9 Å². The number of ether oxygens (including phenoxy) is 3. The minimum absolute atomic E-state index is 0.0875. The molecule has 18 heavy (non-hydrogen) atoms. The van der Waals surface area contributed by atoms with Crippen LogP contribution in [0.1, 0.15) is 19.2 Å². The first kappa shape index (κ1) is 13.0. The topological polar surface area (TPSA) is 65.5 Å². The van der Waals surface area contributed by atoms with Crippen molar-refractivity contribution in [3.63, 3.8) is 0 Å². The van der Waals surface area contributed by atoms with Gasteiger partial charge in [0.15, 0.2) is 5.82 Å². The van der Waals surface area contributed by atoms with Gasteiger partial charge >= 0.3 is 0 Å². The van der Waals surface area contributed by atoms with Gasteiger partial charge in [-0.2, -0.15) is 4.98 Å². The lowest BCUT2D eigenvalue weighted by Gasteiger charge is -2.13. The summed E-state index contributed by atoms with van der Waals surface area (Å²) >= 11 is 0. The predicted octanol–water partition coefficient (Wildman–Crippen LogP) is 1.22. The normalized spacial score (nSPS) is 18.9. The second-order valence-electron chi connectivity index (χ2n) is 4.00. The van der Waals surface area contributed by atoms with Crippen LogP contribution in [0, 0.1) is 0 Å². The summed E-state index contributed by atoms with van der Waals surface area (Å²) in [5.74, 6) is 1.92. The third-order valence-electron chi connectivity index (χ3n) is 2.62. The molecule has 0 aliphatic carbocycles. The number of hydrogen-bond acceptors (Lipinski definition) is 6. The molecule has 1 N–H and O–H groups in total. The zero-order valence-electron chi connectivity index (χ0n) is 10.8. The van der Waals surface area contributed by atoms with Gasteiger partial charge in [-0.25, -0.2) is 4.98 Å². The van der Waals surface area contributed by atoms with E-state index >= 15 is 0 Å². The van der Waals surface area contributed by atoms with Gasteiger partial charge in [0.25, 0.3) is 0 Å². The Hall–Kier alpha value is -1.40. The lowest BCUT2D eigenvalue weighted by Crippen LogP contribution is -2.17. The van der Waals surface area contributed by atoms with E-state index in [0.717, 1.165) is 18.8 Å². The van der Waals surface area contributed by atoms with Crippen molar-refractivity contribution in [3.8, 4) is 5.88 Å². The molecule has 1 atom stereocenters. The summed E-state index contributed by atoms with van der Waals surface area (Å²) in [5, 5.41) is 2.99. The highest BCUT2D eigenvalue weighted by molar-refractivity contribution is 5.37. The highest BCUT2D eigenvalue weighted by Gasteiger charge is 2.18. The summed E-state index contributed by atoms with van der Waals surface area (Å²) < 4.78 is 16.4. The summed E-state index contributed by atoms with van der Waals surface area (Å²) in [5.41, 5.74) is 0. The smallest absolute Gasteiger partial charge is 0.219 e. The standard InChI is InChI=1S/C12H19N3O3/c1-3-16-8-11-14-10(13-2)6-12(15-11)18-9-4-5-17-7-9/h6,9H,3-5,7-8H2,1-2H3,(H,13,14,15). The number of nitrogens with zero attached hydrogens (tertiary/aromatic N) is 2. The molecule has 6 nitrogen and oxygen atoms in total. The molecule has 6 heteroatoms. The van der Waals surface area contributed by atoms with Crippen LogP contribution in [0.25, 0.3) is 0 Å². The third-order valence-corrected chi connectivity index (χ3v) is 2.62. The first-order chi connectivity index (χ1) is 8.81. The van der Waals surface area contributed by atoms with Crippen molar-refractivity contribution in [2.75, 3.05) is 32.2 Å². The molecule has 0 aromatic carbocycles.